The maximum absolute atomic E-state index is 12.0. The van der Waals surface area contributed by atoms with Crippen molar-refractivity contribution >= 4 is 23.2 Å². The predicted molar refractivity (Wildman–Crippen MR) is 97.9 cm³/mol. The molecule has 0 radical (unpaired) electrons. The van der Waals surface area contributed by atoms with Crippen LogP contribution in [-0.4, -0.2) is 50.7 Å². The van der Waals surface area contributed by atoms with E-state index in [2.05, 4.69) is 22.3 Å². The molecule has 3 rings (SSSR count). The van der Waals surface area contributed by atoms with Crippen LogP contribution in [0.4, 0.5) is 11.4 Å². The summed E-state index contributed by atoms with van der Waals surface area (Å²) in [5.74, 6) is -0.106. The zero-order valence-electron chi connectivity index (χ0n) is 14.9. The molecule has 2 saturated heterocycles. The van der Waals surface area contributed by atoms with Crippen LogP contribution < -0.4 is 15.1 Å². The molecule has 0 bridgehead atoms. The second kappa shape index (κ2) is 8.34. The smallest absolute Gasteiger partial charge is 0.249 e. The van der Waals surface area contributed by atoms with Crippen LogP contribution in [-0.2, 0) is 14.3 Å². The summed E-state index contributed by atoms with van der Waals surface area (Å²) in [4.78, 5) is 28.0. The molecule has 25 heavy (non-hydrogen) atoms. The fourth-order valence-electron chi connectivity index (χ4n) is 3.48. The van der Waals surface area contributed by atoms with Gasteiger partial charge in [0.15, 0.2) is 0 Å². The van der Waals surface area contributed by atoms with Gasteiger partial charge in [-0.3, -0.25) is 9.59 Å². The first kappa shape index (κ1) is 17.7. The molecule has 1 aromatic carbocycles. The molecule has 1 unspecified atom stereocenters. The van der Waals surface area contributed by atoms with Gasteiger partial charge < -0.3 is 19.9 Å². The summed E-state index contributed by atoms with van der Waals surface area (Å²) in [6, 6.07) is 8.11. The third-order valence-electron chi connectivity index (χ3n) is 4.87. The van der Waals surface area contributed by atoms with Crippen molar-refractivity contribution in [2.75, 3.05) is 42.6 Å². The number of nitrogens with one attached hydrogen (secondary N) is 1. The van der Waals surface area contributed by atoms with Crippen molar-refractivity contribution < 1.29 is 14.3 Å². The van der Waals surface area contributed by atoms with E-state index in [9.17, 15) is 9.59 Å². The van der Waals surface area contributed by atoms with Gasteiger partial charge in [-0.15, -0.1) is 0 Å². The van der Waals surface area contributed by atoms with Gasteiger partial charge in [-0.2, -0.15) is 0 Å². The Morgan fingerprint density at radius 1 is 1.20 bits per heavy atom. The molecule has 1 aromatic rings. The zero-order valence-corrected chi connectivity index (χ0v) is 14.9. The Morgan fingerprint density at radius 2 is 1.92 bits per heavy atom. The molecule has 6 nitrogen and oxygen atoms in total. The maximum Gasteiger partial charge on any atom is 0.249 e. The van der Waals surface area contributed by atoms with Gasteiger partial charge in [0.2, 0.25) is 11.8 Å². The van der Waals surface area contributed by atoms with Crippen molar-refractivity contribution in [3.8, 4) is 0 Å². The Morgan fingerprint density at radius 3 is 2.52 bits per heavy atom. The Balaban J connectivity index is 1.55. The minimum atomic E-state index is -0.328. The van der Waals surface area contributed by atoms with Gasteiger partial charge in [0.05, 0.1) is 0 Å². The van der Waals surface area contributed by atoms with Gasteiger partial charge in [-0.1, -0.05) is 0 Å². The van der Waals surface area contributed by atoms with Crippen LogP contribution in [0.5, 0.6) is 0 Å². The highest BCUT2D eigenvalue weighted by Gasteiger charge is 2.23. The molecule has 2 aliphatic heterocycles. The van der Waals surface area contributed by atoms with E-state index in [0.29, 0.717) is 19.7 Å². The molecule has 2 fully saturated rings. The van der Waals surface area contributed by atoms with Gasteiger partial charge >= 0.3 is 0 Å². The van der Waals surface area contributed by atoms with Gasteiger partial charge in [-0.05, 0) is 49.9 Å². The first-order valence-electron chi connectivity index (χ1n) is 9.17. The van der Waals surface area contributed by atoms with Gasteiger partial charge in [0, 0.05) is 51.1 Å². The number of rotatable bonds is 6. The van der Waals surface area contributed by atoms with E-state index in [-0.39, 0.29) is 17.9 Å². The minimum absolute atomic E-state index is 0.0275. The van der Waals surface area contributed by atoms with Crippen LogP contribution in [0.1, 0.15) is 32.6 Å². The van der Waals surface area contributed by atoms with Crippen LogP contribution in [0.25, 0.3) is 0 Å². The van der Waals surface area contributed by atoms with Gasteiger partial charge in [0.25, 0.3) is 0 Å². The summed E-state index contributed by atoms with van der Waals surface area (Å²) in [6.45, 7) is 5.29. The second-order valence-corrected chi connectivity index (χ2v) is 6.67. The first-order chi connectivity index (χ1) is 12.1. The molecule has 1 atom stereocenters. The Bertz CT molecular complexity index is 590. The molecule has 0 saturated carbocycles. The summed E-state index contributed by atoms with van der Waals surface area (Å²) < 4.78 is 5.37. The molecule has 2 amide bonds. The molecule has 1 N–H and O–H groups in total. The highest BCUT2D eigenvalue weighted by Crippen LogP contribution is 2.24. The standard InChI is InChI=1S/C19H27N3O3/c1-15(23)22(13-10-20-19(24)18-5-4-14-25-18)17-8-6-16(7-9-17)21-11-2-3-12-21/h6-9,18H,2-5,10-14H2,1H3,(H,20,24). The summed E-state index contributed by atoms with van der Waals surface area (Å²) in [6.07, 6.45) is 3.86. The average Bonchev–Trinajstić information content (AvgIpc) is 3.32. The van der Waals surface area contributed by atoms with E-state index in [4.69, 9.17) is 4.74 Å². The molecule has 0 aliphatic carbocycles. The third-order valence-corrected chi connectivity index (χ3v) is 4.87. The summed E-state index contributed by atoms with van der Waals surface area (Å²) in [5, 5.41) is 2.87. The topological polar surface area (TPSA) is 61.9 Å². The lowest BCUT2D eigenvalue weighted by Crippen LogP contribution is -2.41. The van der Waals surface area contributed by atoms with E-state index in [1.165, 1.54) is 18.5 Å². The van der Waals surface area contributed by atoms with Crippen molar-refractivity contribution in [2.24, 2.45) is 0 Å². The van der Waals surface area contributed by atoms with Crippen molar-refractivity contribution in [3.63, 3.8) is 0 Å². The van der Waals surface area contributed by atoms with E-state index in [1.807, 2.05) is 12.1 Å². The highest BCUT2D eigenvalue weighted by molar-refractivity contribution is 5.91. The Hall–Kier alpha value is -2.08. The lowest BCUT2D eigenvalue weighted by molar-refractivity contribution is -0.130. The van der Waals surface area contributed by atoms with Crippen LogP contribution >= 0.6 is 0 Å². The van der Waals surface area contributed by atoms with Gasteiger partial charge in [-0.25, -0.2) is 0 Å². The predicted octanol–water partition coefficient (Wildman–Crippen LogP) is 1.93. The minimum Gasteiger partial charge on any atom is -0.372 e. The van der Waals surface area contributed by atoms with Crippen molar-refractivity contribution in [1.82, 2.24) is 5.32 Å². The molecule has 2 aliphatic rings. The number of carbonyl (C=O) groups is 2. The van der Waals surface area contributed by atoms with Crippen LogP contribution in [0.3, 0.4) is 0 Å². The van der Waals surface area contributed by atoms with E-state index < -0.39 is 0 Å². The number of benzene rings is 1. The fraction of sp³-hybridized carbons (Fsp3) is 0.579. The number of ether oxygens (including phenoxy) is 1. The number of anilines is 2. The number of carbonyl (C=O) groups excluding carboxylic acids is 2. The molecule has 0 aromatic heterocycles. The van der Waals surface area contributed by atoms with E-state index in [0.717, 1.165) is 31.6 Å². The molecular weight excluding hydrogens is 318 g/mol. The maximum atomic E-state index is 12.0. The number of hydrogen-bond donors (Lipinski definition) is 1. The van der Waals surface area contributed by atoms with Crippen molar-refractivity contribution in [3.05, 3.63) is 24.3 Å². The summed E-state index contributed by atoms with van der Waals surface area (Å²) >= 11 is 0. The molecule has 6 heteroatoms. The van der Waals surface area contributed by atoms with Crippen molar-refractivity contribution in [2.45, 2.75) is 38.7 Å². The van der Waals surface area contributed by atoms with Gasteiger partial charge in [0.1, 0.15) is 6.10 Å². The molecular formula is C19H27N3O3. The highest BCUT2D eigenvalue weighted by atomic mass is 16.5. The molecule has 2 heterocycles. The van der Waals surface area contributed by atoms with E-state index in [1.54, 1.807) is 11.8 Å². The first-order valence-corrected chi connectivity index (χ1v) is 9.17. The number of nitrogens with zero attached hydrogens (tertiary/aromatic N) is 2. The third kappa shape index (κ3) is 4.51. The Kier molecular flexibility index (Phi) is 5.91. The summed E-state index contributed by atoms with van der Waals surface area (Å²) in [7, 11) is 0. The lowest BCUT2D eigenvalue weighted by atomic mass is 10.2. The molecule has 0 spiro atoms. The fourth-order valence-corrected chi connectivity index (χ4v) is 3.48. The van der Waals surface area contributed by atoms with E-state index >= 15 is 0 Å². The van der Waals surface area contributed by atoms with Crippen LogP contribution in [0, 0.1) is 0 Å². The zero-order chi connectivity index (χ0) is 17.6. The normalized spacial score (nSPS) is 19.9. The van der Waals surface area contributed by atoms with Crippen LogP contribution in [0.15, 0.2) is 24.3 Å². The lowest BCUT2D eigenvalue weighted by Gasteiger charge is -2.23. The number of amides is 2. The monoisotopic (exact) mass is 345 g/mol. The summed E-state index contributed by atoms with van der Waals surface area (Å²) in [5.41, 5.74) is 2.07. The largest absolute Gasteiger partial charge is 0.372 e. The van der Waals surface area contributed by atoms with Crippen LogP contribution in [0.2, 0.25) is 0 Å². The van der Waals surface area contributed by atoms with Crippen molar-refractivity contribution in [1.29, 1.82) is 0 Å². The molecule has 136 valence electrons. The average molecular weight is 345 g/mol. The SMILES string of the molecule is CC(=O)N(CCNC(=O)C1CCCO1)c1ccc(N2CCCC2)cc1. The Labute approximate surface area is 149 Å². The quantitative estimate of drug-likeness (QED) is 0.856. The second-order valence-electron chi connectivity index (χ2n) is 6.67. The number of hydrogen-bond acceptors (Lipinski definition) is 4.